The van der Waals surface area contributed by atoms with Crippen LogP contribution in [0.1, 0.15) is 40.8 Å². The molecule has 0 aromatic carbocycles. The normalized spacial score (nSPS) is 27.1. The van der Waals surface area contributed by atoms with Crippen molar-refractivity contribution in [2.45, 2.75) is 64.9 Å². The highest BCUT2D eigenvalue weighted by Crippen LogP contribution is 2.46. The van der Waals surface area contributed by atoms with Crippen LogP contribution in [0, 0.1) is 5.92 Å². The number of nitrogens with one attached hydrogen (secondary N) is 3. The van der Waals surface area contributed by atoms with Gasteiger partial charge in [-0.2, -0.15) is 0 Å². The van der Waals surface area contributed by atoms with Gasteiger partial charge in [-0.3, -0.25) is 33.0 Å². The minimum Gasteiger partial charge on any atom is -0.465 e. The van der Waals surface area contributed by atoms with Crippen LogP contribution in [0.15, 0.2) is 21.9 Å². The van der Waals surface area contributed by atoms with Crippen molar-refractivity contribution in [1.82, 2.24) is 19.7 Å². The summed E-state index contributed by atoms with van der Waals surface area (Å²) in [4.78, 5) is 49.5. The maximum atomic E-state index is 15.7. The quantitative estimate of drug-likeness (QED) is 0.205. The Kier molecular flexibility index (Phi) is 10.1. The Morgan fingerprint density at radius 1 is 1.22 bits per heavy atom. The molecule has 1 aliphatic heterocycles. The van der Waals surface area contributed by atoms with Gasteiger partial charge in [0.25, 0.3) is 11.4 Å². The zero-order valence-corrected chi connectivity index (χ0v) is 21.5. The summed E-state index contributed by atoms with van der Waals surface area (Å²) in [6.45, 7) is 6.12. The molecule has 0 saturated carbocycles. The molecule has 2 rings (SSSR count). The van der Waals surface area contributed by atoms with Gasteiger partial charge in [0.1, 0.15) is 31.0 Å². The maximum absolute atomic E-state index is 15.7. The van der Waals surface area contributed by atoms with Crippen molar-refractivity contribution in [1.29, 1.82) is 0 Å². The molecular weight excluding hydrogens is 506 g/mol. The number of aliphatic hydroxyl groups is 1. The van der Waals surface area contributed by atoms with E-state index in [0.717, 1.165) is 16.8 Å². The lowest BCUT2D eigenvalue weighted by molar-refractivity contribution is -0.203. The molecule has 0 bridgehead atoms. The highest BCUT2D eigenvalue weighted by atomic mass is 31.2. The molecule has 36 heavy (non-hydrogen) atoms. The van der Waals surface area contributed by atoms with Crippen molar-refractivity contribution in [2.75, 3.05) is 19.8 Å². The van der Waals surface area contributed by atoms with Crippen LogP contribution in [0.4, 0.5) is 4.39 Å². The van der Waals surface area contributed by atoms with Gasteiger partial charge in [0.05, 0.1) is 13.2 Å². The lowest BCUT2D eigenvalue weighted by Crippen LogP contribution is -2.45. The highest BCUT2D eigenvalue weighted by Gasteiger charge is 2.56. The summed E-state index contributed by atoms with van der Waals surface area (Å²) < 4.78 is 50.4. The number of alkyl halides is 1. The van der Waals surface area contributed by atoms with Crippen LogP contribution in [0.2, 0.25) is 0 Å². The third kappa shape index (κ3) is 7.08. The number of nitrogens with zero attached hydrogens (tertiary/aromatic N) is 1. The number of halogens is 1. The summed E-state index contributed by atoms with van der Waals surface area (Å²) >= 11 is 0. The van der Waals surface area contributed by atoms with Crippen molar-refractivity contribution >= 4 is 19.6 Å². The predicted octanol–water partition coefficient (Wildman–Crippen LogP) is -0.0647. The second-order valence-corrected chi connectivity index (χ2v) is 10.0. The average Bonchev–Trinajstić information content (AvgIpc) is 3.02. The molecule has 4 N–H and O–H groups in total. The zero-order chi connectivity index (χ0) is 27.3. The summed E-state index contributed by atoms with van der Waals surface area (Å²) in [5.74, 6) is -5.53. The van der Waals surface area contributed by atoms with Crippen molar-refractivity contribution in [2.24, 2.45) is 5.92 Å². The van der Waals surface area contributed by atoms with Gasteiger partial charge in [0.2, 0.25) is 0 Å². The minimum absolute atomic E-state index is 0.0414. The molecule has 1 aromatic heterocycles. The molecule has 1 saturated heterocycles. The number of esters is 2. The van der Waals surface area contributed by atoms with E-state index in [-0.39, 0.29) is 13.2 Å². The van der Waals surface area contributed by atoms with E-state index in [1.807, 2.05) is 4.98 Å². The number of carbonyl (C=O) groups excluding carboxylic acids is 2. The number of carbonyl (C=O) groups is 2. The number of hydrogen-bond donors (Lipinski definition) is 4. The maximum Gasteiger partial charge on any atom is 0.342 e. The number of ether oxygens (including phenoxy) is 3. The second-order valence-electron chi connectivity index (χ2n) is 8.15. The second kappa shape index (κ2) is 12.2. The fraction of sp³-hybridized carbons (Fsp3) is 0.700. The number of aromatic nitrogens is 2. The van der Waals surface area contributed by atoms with Gasteiger partial charge in [0, 0.05) is 18.2 Å². The molecule has 1 aliphatic rings. The molecular formula is C20H32FN4O10P. The summed E-state index contributed by atoms with van der Waals surface area (Å²) in [7, 11) is -4.38. The molecule has 1 aromatic rings. The van der Waals surface area contributed by atoms with Crippen LogP contribution in [-0.2, 0) is 32.9 Å². The first-order valence-corrected chi connectivity index (χ1v) is 12.9. The van der Waals surface area contributed by atoms with E-state index < -0.39 is 73.7 Å². The third-order valence-corrected chi connectivity index (χ3v) is 7.23. The highest BCUT2D eigenvalue weighted by molar-refractivity contribution is 7.54. The Morgan fingerprint density at radius 2 is 1.75 bits per heavy atom. The SMILES string of the molecule is CCOC(=O)C(C)NP(=O)(NC(C)C(=O)OCC)OCC1(F)OC(n2ccc(=O)[nH]c2=O)C(C)C1O. The van der Waals surface area contributed by atoms with Gasteiger partial charge < -0.3 is 19.3 Å². The van der Waals surface area contributed by atoms with Crippen molar-refractivity contribution < 1.29 is 42.4 Å². The Balaban J connectivity index is 2.26. The van der Waals surface area contributed by atoms with Gasteiger partial charge >= 0.3 is 25.3 Å². The molecule has 1 fully saturated rings. The van der Waals surface area contributed by atoms with Crippen LogP contribution < -0.4 is 21.4 Å². The zero-order valence-electron chi connectivity index (χ0n) is 20.6. The lowest BCUT2D eigenvalue weighted by atomic mass is 10.0. The summed E-state index contributed by atoms with van der Waals surface area (Å²) in [5.41, 5.74) is -1.57. The van der Waals surface area contributed by atoms with E-state index in [9.17, 15) is 28.8 Å². The van der Waals surface area contributed by atoms with E-state index in [0.29, 0.717) is 0 Å². The number of H-pyrrole nitrogens is 1. The third-order valence-electron chi connectivity index (χ3n) is 5.28. The van der Waals surface area contributed by atoms with Crippen LogP contribution in [0.3, 0.4) is 0 Å². The Labute approximate surface area is 206 Å². The smallest absolute Gasteiger partial charge is 0.342 e. The first-order chi connectivity index (χ1) is 16.8. The molecule has 0 aliphatic carbocycles. The van der Waals surface area contributed by atoms with Crippen LogP contribution >= 0.6 is 7.67 Å². The number of aliphatic hydroxyl groups excluding tert-OH is 1. The molecule has 204 valence electrons. The predicted molar refractivity (Wildman–Crippen MR) is 122 cm³/mol. The van der Waals surface area contributed by atoms with Crippen LogP contribution in [0.5, 0.6) is 0 Å². The first kappa shape index (κ1) is 29.8. The van der Waals surface area contributed by atoms with Crippen LogP contribution in [-0.4, -0.2) is 70.5 Å². The standard InChI is InChI=1S/C20H32FN4O10P/c1-6-32-17(28)12(4)23-36(31,24-13(5)18(29)33-7-2)34-10-20(21)15(27)11(3)16(35-20)25-9-8-14(26)22-19(25)30/h8-9,11-13,15-16,27H,6-7,10H2,1-5H3,(H,22,26,30)(H2,23,24,31). The van der Waals surface area contributed by atoms with Crippen molar-refractivity contribution in [3.63, 3.8) is 0 Å². The van der Waals surface area contributed by atoms with Crippen LogP contribution in [0.25, 0.3) is 0 Å². The molecule has 6 atom stereocenters. The van der Waals surface area contributed by atoms with Gasteiger partial charge in [-0.1, -0.05) is 6.92 Å². The van der Waals surface area contributed by atoms with Crippen molar-refractivity contribution in [3.8, 4) is 0 Å². The summed E-state index contributed by atoms with van der Waals surface area (Å²) in [6, 6.07) is -1.38. The monoisotopic (exact) mass is 538 g/mol. The summed E-state index contributed by atoms with van der Waals surface area (Å²) in [5, 5.41) is 15.3. The molecule has 0 amide bonds. The fourth-order valence-electron chi connectivity index (χ4n) is 3.42. The molecule has 0 radical (unpaired) electrons. The molecule has 14 nitrogen and oxygen atoms in total. The molecule has 2 heterocycles. The van der Waals surface area contributed by atoms with Gasteiger partial charge in [-0.15, -0.1) is 0 Å². The van der Waals surface area contributed by atoms with Gasteiger partial charge in [-0.05, 0) is 27.7 Å². The Hall–Kier alpha value is -2.42. The fourth-order valence-corrected chi connectivity index (χ4v) is 5.24. The molecule has 6 unspecified atom stereocenters. The number of rotatable bonds is 12. The first-order valence-electron chi connectivity index (χ1n) is 11.3. The Bertz CT molecular complexity index is 1070. The van der Waals surface area contributed by atoms with Gasteiger partial charge in [0.15, 0.2) is 0 Å². The van der Waals surface area contributed by atoms with E-state index >= 15 is 4.39 Å². The summed E-state index contributed by atoms with van der Waals surface area (Å²) in [6.07, 6.45) is -2.10. The number of hydrogen-bond acceptors (Lipinski definition) is 10. The molecule has 16 heteroatoms. The minimum atomic E-state index is -4.38. The average molecular weight is 538 g/mol. The number of aromatic amines is 1. The van der Waals surface area contributed by atoms with E-state index in [2.05, 4.69) is 10.2 Å². The van der Waals surface area contributed by atoms with E-state index in [4.69, 9.17) is 18.7 Å². The lowest BCUT2D eigenvalue weighted by Gasteiger charge is -2.29. The van der Waals surface area contributed by atoms with E-state index in [1.54, 1.807) is 13.8 Å². The topological polar surface area (TPSA) is 187 Å². The van der Waals surface area contributed by atoms with E-state index in [1.165, 1.54) is 20.8 Å². The largest absolute Gasteiger partial charge is 0.465 e. The van der Waals surface area contributed by atoms with Gasteiger partial charge in [-0.25, -0.2) is 19.4 Å². The molecule has 0 spiro atoms. The van der Waals surface area contributed by atoms with Crippen molar-refractivity contribution in [3.05, 3.63) is 33.1 Å². The Morgan fingerprint density at radius 3 is 2.22 bits per heavy atom.